The van der Waals surface area contributed by atoms with Gasteiger partial charge in [0.25, 0.3) is 5.91 Å². The molecule has 0 heterocycles. The molecule has 73 valence electrons. The van der Waals surface area contributed by atoms with E-state index < -0.39 is 6.61 Å². The molecule has 0 bridgehead atoms. The van der Waals surface area contributed by atoms with Crippen molar-refractivity contribution in [3.63, 3.8) is 0 Å². The summed E-state index contributed by atoms with van der Waals surface area (Å²) < 4.78 is 0. The van der Waals surface area contributed by atoms with Gasteiger partial charge in [0, 0.05) is 12.6 Å². The first-order valence-electron chi connectivity index (χ1n) is 4.05. The second-order valence-corrected chi connectivity index (χ2v) is 2.29. The van der Waals surface area contributed by atoms with E-state index in [4.69, 9.17) is 5.11 Å². The Morgan fingerprint density at radius 1 is 1.43 bits per heavy atom. The largest absolute Gasteiger partial charge is 0.355 e. The minimum atomic E-state index is -0.403. The van der Waals surface area contributed by atoms with Crippen LogP contribution in [0.5, 0.6) is 0 Å². The highest BCUT2D eigenvalue weighted by atomic mass is 16.2. The number of nitrogens with one attached hydrogen (secondary N) is 1. The third-order valence-electron chi connectivity index (χ3n) is 1.35. The molecule has 0 aliphatic carbocycles. The lowest BCUT2D eigenvalue weighted by Crippen LogP contribution is -2.17. The quantitative estimate of drug-likeness (QED) is 0.662. The number of rotatable bonds is 1. The average Bonchev–Trinajstić information content (AvgIpc) is 2.29. The summed E-state index contributed by atoms with van der Waals surface area (Å²) in [4.78, 5) is 10.9. The molecule has 0 unspecified atom stereocenters. The lowest BCUT2D eigenvalue weighted by molar-refractivity contribution is 0.0963. The van der Waals surface area contributed by atoms with Gasteiger partial charge >= 0.3 is 0 Å². The van der Waals surface area contributed by atoms with Gasteiger partial charge in [-0.05, 0) is 12.1 Å². The van der Waals surface area contributed by atoms with Gasteiger partial charge in [-0.25, -0.2) is 5.11 Å². The van der Waals surface area contributed by atoms with Gasteiger partial charge in [-0.3, -0.25) is 4.79 Å². The number of benzene rings is 1. The zero-order chi connectivity index (χ0) is 10.8. The van der Waals surface area contributed by atoms with Crippen LogP contribution in [0.1, 0.15) is 10.4 Å². The molecule has 3 heteroatoms. The van der Waals surface area contributed by atoms with Crippen molar-refractivity contribution >= 4 is 5.91 Å². The summed E-state index contributed by atoms with van der Waals surface area (Å²) in [5, 5.41) is 11.6. The molecule has 3 nitrogen and oxygen atoms in total. The van der Waals surface area contributed by atoms with Crippen LogP contribution < -0.4 is 5.32 Å². The van der Waals surface area contributed by atoms with Crippen LogP contribution in [0.2, 0.25) is 0 Å². The lowest BCUT2D eigenvalue weighted by atomic mass is 10.2. The molecule has 1 amide bonds. The number of carbonyl (C=O) groups is 1. The smallest absolute Gasteiger partial charge is 0.251 e. The fourth-order valence-corrected chi connectivity index (χ4v) is 0.734. The van der Waals surface area contributed by atoms with Gasteiger partial charge < -0.3 is 5.32 Å². The topological polar surface area (TPSA) is 49.0 Å². The van der Waals surface area contributed by atoms with Crippen LogP contribution >= 0.6 is 0 Å². The molecule has 1 aromatic carbocycles. The molecule has 1 radical (unpaired) electrons. The number of hydrogen-bond donors (Lipinski definition) is 1. The molecular weight excluding hydrogens is 178 g/mol. The van der Waals surface area contributed by atoms with Gasteiger partial charge in [0.1, 0.15) is 6.61 Å². The molecule has 0 atom stereocenters. The fourth-order valence-electron chi connectivity index (χ4n) is 0.734. The van der Waals surface area contributed by atoms with Crippen LogP contribution in [-0.4, -0.2) is 19.6 Å². The summed E-state index contributed by atoms with van der Waals surface area (Å²) >= 11 is 0. The number of amides is 1. The van der Waals surface area contributed by atoms with Gasteiger partial charge in [0.2, 0.25) is 0 Å². The van der Waals surface area contributed by atoms with Gasteiger partial charge in [0.05, 0.1) is 0 Å². The molecular formula is C11H12NO2. The van der Waals surface area contributed by atoms with Gasteiger partial charge in [-0.1, -0.05) is 24.1 Å². The molecule has 0 spiro atoms. The Hall–Kier alpha value is -1.79. The molecule has 0 aliphatic rings. The van der Waals surface area contributed by atoms with Crippen molar-refractivity contribution in [3.05, 3.63) is 35.9 Å². The average molecular weight is 190 g/mol. The molecule has 1 N–H and O–H groups in total. The molecule has 14 heavy (non-hydrogen) atoms. The molecule has 0 saturated heterocycles. The molecule has 0 aromatic heterocycles. The first kappa shape index (κ1) is 12.2. The summed E-state index contributed by atoms with van der Waals surface area (Å²) in [7, 11) is 1.62. The van der Waals surface area contributed by atoms with Gasteiger partial charge in [-0.2, -0.15) is 0 Å². The molecule has 1 rings (SSSR count). The van der Waals surface area contributed by atoms with Gasteiger partial charge in [0.15, 0.2) is 0 Å². The normalized spacial score (nSPS) is 7.79. The second-order valence-electron chi connectivity index (χ2n) is 2.29. The lowest BCUT2D eigenvalue weighted by Gasteiger charge is -1.96. The SMILES string of the molecule is C#CC[O].CNC(=O)c1ccccc1. The molecule has 0 fully saturated rings. The molecule has 0 saturated carbocycles. The summed E-state index contributed by atoms with van der Waals surface area (Å²) in [6.45, 7) is -0.403. The zero-order valence-corrected chi connectivity index (χ0v) is 7.99. The maximum absolute atomic E-state index is 10.9. The summed E-state index contributed by atoms with van der Waals surface area (Å²) in [5.74, 6) is 1.83. The highest BCUT2D eigenvalue weighted by molar-refractivity contribution is 5.93. The third-order valence-corrected chi connectivity index (χ3v) is 1.35. The molecule has 1 aromatic rings. The minimum Gasteiger partial charge on any atom is -0.355 e. The van der Waals surface area contributed by atoms with Crippen LogP contribution in [-0.2, 0) is 5.11 Å². The highest BCUT2D eigenvalue weighted by Crippen LogP contribution is 1.96. The van der Waals surface area contributed by atoms with E-state index in [9.17, 15) is 4.79 Å². The Bertz CT molecular complexity index is 301. The maximum atomic E-state index is 10.9. The van der Waals surface area contributed by atoms with Crippen LogP contribution in [0.15, 0.2) is 30.3 Å². The second kappa shape index (κ2) is 7.84. The number of hydrogen-bond acceptors (Lipinski definition) is 1. The van der Waals surface area contributed by atoms with Crippen molar-refractivity contribution in [2.24, 2.45) is 0 Å². The predicted molar refractivity (Wildman–Crippen MR) is 54.2 cm³/mol. The summed E-state index contributed by atoms with van der Waals surface area (Å²) in [5.41, 5.74) is 0.699. The van der Waals surface area contributed by atoms with E-state index in [1.165, 1.54) is 0 Å². The molecule has 0 aliphatic heterocycles. The zero-order valence-electron chi connectivity index (χ0n) is 7.99. The van der Waals surface area contributed by atoms with Crippen molar-refractivity contribution < 1.29 is 9.90 Å². The Morgan fingerprint density at radius 3 is 2.29 bits per heavy atom. The van der Waals surface area contributed by atoms with Crippen molar-refractivity contribution in [2.45, 2.75) is 0 Å². The van der Waals surface area contributed by atoms with E-state index in [0.717, 1.165) is 0 Å². The van der Waals surface area contributed by atoms with Crippen molar-refractivity contribution in [1.82, 2.24) is 5.32 Å². The van der Waals surface area contributed by atoms with Crippen LogP contribution in [0.25, 0.3) is 0 Å². The Labute approximate surface area is 83.8 Å². The predicted octanol–water partition coefficient (Wildman–Crippen LogP) is 1.10. The van der Waals surface area contributed by atoms with Gasteiger partial charge in [-0.15, -0.1) is 6.42 Å². The van der Waals surface area contributed by atoms with E-state index in [-0.39, 0.29) is 5.91 Å². The number of carbonyl (C=O) groups excluding carboxylic acids is 1. The first-order chi connectivity index (χ1) is 6.76. The van der Waals surface area contributed by atoms with E-state index in [1.807, 2.05) is 24.1 Å². The van der Waals surface area contributed by atoms with Crippen molar-refractivity contribution in [3.8, 4) is 12.3 Å². The number of terminal acetylenes is 1. The van der Waals surface area contributed by atoms with E-state index >= 15 is 0 Å². The third kappa shape index (κ3) is 4.96. The standard InChI is InChI=1S/C8H9NO.C3H3O/c1-9-8(10)7-5-3-2-4-6-7;1-2-3-4/h2-6H,1H3,(H,9,10);1H,3H2. The maximum Gasteiger partial charge on any atom is 0.251 e. The van der Waals surface area contributed by atoms with E-state index in [1.54, 1.807) is 19.2 Å². The van der Waals surface area contributed by atoms with E-state index in [2.05, 4.69) is 11.7 Å². The fraction of sp³-hybridized carbons (Fsp3) is 0.182. The Morgan fingerprint density at radius 2 is 1.93 bits per heavy atom. The Balaban J connectivity index is 0.000000364. The summed E-state index contributed by atoms with van der Waals surface area (Å²) in [6.07, 6.45) is 4.47. The van der Waals surface area contributed by atoms with Crippen LogP contribution in [0, 0.1) is 12.3 Å². The monoisotopic (exact) mass is 190 g/mol. The minimum absolute atomic E-state index is 0.0411. The highest BCUT2D eigenvalue weighted by Gasteiger charge is 1.97. The van der Waals surface area contributed by atoms with Crippen molar-refractivity contribution in [2.75, 3.05) is 13.7 Å². The van der Waals surface area contributed by atoms with Crippen molar-refractivity contribution in [1.29, 1.82) is 0 Å². The summed E-state index contributed by atoms with van der Waals surface area (Å²) in [6, 6.07) is 9.11. The first-order valence-corrected chi connectivity index (χ1v) is 4.05. The van der Waals surface area contributed by atoms with Crippen LogP contribution in [0.3, 0.4) is 0 Å². The van der Waals surface area contributed by atoms with Crippen LogP contribution in [0.4, 0.5) is 0 Å². The van der Waals surface area contributed by atoms with E-state index in [0.29, 0.717) is 5.56 Å². The Kier molecular flexibility index (Phi) is 6.84.